The number of unbranched alkanes of at least 4 members (excludes halogenated alkanes) is 1. The van der Waals surface area contributed by atoms with Crippen molar-refractivity contribution >= 4 is 24.8 Å². The van der Waals surface area contributed by atoms with Crippen molar-refractivity contribution in [1.82, 2.24) is 10.6 Å². The molecule has 12 heavy (non-hydrogen) atoms. The predicted molar refractivity (Wildman–Crippen MR) is 60.8 cm³/mol. The number of halogens is 2. The highest BCUT2D eigenvalue weighted by atomic mass is 35.5. The standard InChI is InChI=1S/C8H20N2.2ClH/c1-3-9-7-5-6-8-10-4-2;;/h9-10H,3-8H2,1-2H3;2*1H. The largest absolute Gasteiger partial charge is 0.317 e. The van der Waals surface area contributed by atoms with E-state index in [1.54, 1.807) is 0 Å². The van der Waals surface area contributed by atoms with E-state index in [2.05, 4.69) is 24.5 Å². The SMILES string of the molecule is CCNCCCCNCC.Cl.Cl. The van der Waals surface area contributed by atoms with Gasteiger partial charge in [0.15, 0.2) is 0 Å². The molecule has 0 aromatic heterocycles. The van der Waals surface area contributed by atoms with E-state index < -0.39 is 0 Å². The van der Waals surface area contributed by atoms with Crippen LogP contribution in [0.25, 0.3) is 0 Å². The Bertz CT molecular complexity index is 55.0. The fourth-order valence-electron chi connectivity index (χ4n) is 0.854. The van der Waals surface area contributed by atoms with Gasteiger partial charge in [-0.2, -0.15) is 0 Å². The molecule has 0 radical (unpaired) electrons. The van der Waals surface area contributed by atoms with Gasteiger partial charge in [-0.25, -0.2) is 0 Å². The zero-order valence-electron chi connectivity index (χ0n) is 8.06. The van der Waals surface area contributed by atoms with Gasteiger partial charge in [-0.1, -0.05) is 13.8 Å². The van der Waals surface area contributed by atoms with E-state index in [9.17, 15) is 0 Å². The van der Waals surface area contributed by atoms with Crippen molar-refractivity contribution in [2.24, 2.45) is 0 Å². The van der Waals surface area contributed by atoms with Crippen LogP contribution in [0.15, 0.2) is 0 Å². The summed E-state index contributed by atoms with van der Waals surface area (Å²) in [5.74, 6) is 0. The quantitative estimate of drug-likeness (QED) is 0.636. The number of hydrogen-bond acceptors (Lipinski definition) is 2. The van der Waals surface area contributed by atoms with Crippen LogP contribution in [0.4, 0.5) is 0 Å². The molecular weight excluding hydrogens is 195 g/mol. The molecule has 0 bridgehead atoms. The third kappa shape index (κ3) is 16.8. The lowest BCUT2D eigenvalue weighted by Gasteiger charge is -2.01. The molecule has 0 aromatic carbocycles. The van der Waals surface area contributed by atoms with Gasteiger partial charge in [0.2, 0.25) is 0 Å². The molecule has 2 N–H and O–H groups in total. The topological polar surface area (TPSA) is 24.1 Å². The van der Waals surface area contributed by atoms with Crippen molar-refractivity contribution in [2.75, 3.05) is 26.2 Å². The lowest BCUT2D eigenvalue weighted by molar-refractivity contribution is 0.602. The molecule has 4 heteroatoms. The van der Waals surface area contributed by atoms with Gasteiger partial charge >= 0.3 is 0 Å². The van der Waals surface area contributed by atoms with E-state index in [0.717, 1.165) is 13.1 Å². The first-order valence-corrected chi connectivity index (χ1v) is 4.33. The summed E-state index contributed by atoms with van der Waals surface area (Å²) in [7, 11) is 0. The highest BCUT2D eigenvalue weighted by molar-refractivity contribution is 5.85. The second-order valence-corrected chi connectivity index (χ2v) is 2.41. The second-order valence-electron chi connectivity index (χ2n) is 2.41. The van der Waals surface area contributed by atoms with Gasteiger partial charge in [-0.05, 0) is 39.0 Å². The highest BCUT2D eigenvalue weighted by Crippen LogP contribution is 1.83. The lowest BCUT2D eigenvalue weighted by Crippen LogP contribution is -2.18. The zero-order valence-corrected chi connectivity index (χ0v) is 9.69. The minimum Gasteiger partial charge on any atom is -0.317 e. The molecule has 0 fully saturated rings. The van der Waals surface area contributed by atoms with Gasteiger partial charge in [-0.15, -0.1) is 24.8 Å². The molecule has 0 heterocycles. The van der Waals surface area contributed by atoms with Crippen molar-refractivity contribution in [1.29, 1.82) is 0 Å². The second kappa shape index (κ2) is 17.5. The molecule has 0 unspecified atom stereocenters. The molecule has 2 nitrogen and oxygen atoms in total. The summed E-state index contributed by atoms with van der Waals surface area (Å²) in [4.78, 5) is 0. The van der Waals surface area contributed by atoms with Crippen molar-refractivity contribution < 1.29 is 0 Å². The molecule has 0 amide bonds. The van der Waals surface area contributed by atoms with Gasteiger partial charge in [0, 0.05) is 0 Å². The molecule has 0 atom stereocenters. The van der Waals surface area contributed by atoms with Gasteiger partial charge in [0.1, 0.15) is 0 Å². The van der Waals surface area contributed by atoms with Crippen LogP contribution >= 0.6 is 24.8 Å². The van der Waals surface area contributed by atoms with Crippen LogP contribution in [-0.4, -0.2) is 26.2 Å². The van der Waals surface area contributed by atoms with E-state index >= 15 is 0 Å². The fourth-order valence-corrected chi connectivity index (χ4v) is 0.854. The Hall–Kier alpha value is 0.500. The maximum atomic E-state index is 3.30. The molecule has 0 aliphatic carbocycles. The van der Waals surface area contributed by atoms with Crippen molar-refractivity contribution in [3.63, 3.8) is 0 Å². The first-order chi connectivity index (χ1) is 4.91. The summed E-state index contributed by atoms with van der Waals surface area (Å²) in [5.41, 5.74) is 0. The Kier molecular flexibility index (Phi) is 26.8. The van der Waals surface area contributed by atoms with Crippen molar-refractivity contribution in [3.8, 4) is 0 Å². The molecular formula is C8H22Cl2N2. The fraction of sp³-hybridized carbons (Fsp3) is 1.00. The van der Waals surface area contributed by atoms with Crippen LogP contribution in [0.1, 0.15) is 26.7 Å². The molecule has 0 spiro atoms. The van der Waals surface area contributed by atoms with Gasteiger partial charge < -0.3 is 10.6 Å². The maximum absolute atomic E-state index is 3.30. The van der Waals surface area contributed by atoms with Crippen LogP contribution in [0.3, 0.4) is 0 Å². The minimum atomic E-state index is 0. The average Bonchev–Trinajstić information content (AvgIpc) is 1.97. The molecule has 0 rings (SSSR count). The Morgan fingerprint density at radius 3 is 1.33 bits per heavy atom. The average molecular weight is 217 g/mol. The Morgan fingerprint density at radius 2 is 1.08 bits per heavy atom. The van der Waals surface area contributed by atoms with Gasteiger partial charge in [0.05, 0.1) is 0 Å². The van der Waals surface area contributed by atoms with E-state index in [1.165, 1.54) is 25.9 Å². The first-order valence-electron chi connectivity index (χ1n) is 4.33. The van der Waals surface area contributed by atoms with E-state index in [-0.39, 0.29) is 24.8 Å². The van der Waals surface area contributed by atoms with Crippen LogP contribution in [0.2, 0.25) is 0 Å². The highest BCUT2D eigenvalue weighted by Gasteiger charge is 1.85. The number of rotatable bonds is 7. The van der Waals surface area contributed by atoms with Crippen molar-refractivity contribution in [2.45, 2.75) is 26.7 Å². The van der Waals surface area contributed by atoms with Gasteiger partial charge in [-0.3, -0.25) is 0 Å². The molecule has 0 aromatic rings. The van der Waals surface area contributed by atoms with Crippen LogP contribution in [-0.2, 0) is 0 Å². The Labute approximate surface area is 88.7 Å². The van der Waals surface area contributed by atoms with Crippen LogP contribution in [0, 0.1) is 0 Å². The lowest BCUT2D eigenvalue weighted by atomic mass is 10.3. The Balaban J connectivity index is -0.000000405. The van der Waals surface area contributed by atoms with E-state index in [1.807, 2.05) is 0 Å². The van der Waals surface area contributed by atoms with E-state index in [4.69, 9.17) is 0 Å². The zero-order chi connectivity index (χ0) is 7.66. The minimum absolute atomic E-state index is 0. The van der Waals surface area contributed by atoms with E-state index in [0.29, 0.717) is 0 Å². The summed E-state index contributed by atoms with van der Waals surface area (Å²) in [5, 5.41) is 6.59. The molecule has 0 aliphatic heterocycles. The number of hydrogen-bond donors (Lipinski definition) is 2. The van der Waals surface area contributed by atoms with Gasteiger partial charge in [0.25, 0.3) is 0 Å². The molecule has 0 aliphatic rings. The third-order valence-electron chi connectivity index (χ3n) is 1.46. The summed E-state index contributed by atoms with van der Waals surface area (Å²) in [6.45, 7) is 8.82. The number of nitrogens with one attached hydrogen (secondary N) is 2. The molecule has 78 valence electrons. The van der Waals surface area contributed by atoms with Crippen LogP contribution < -0.4 is 10.6 Å². The molecule has 0 saturated heterocycles. The van der Waals surface area contributed by atoms with Crippen molar-refractivity contribution in [3.05, 3.63) is 0 Å². The van der Waals surface area contributed by atoms with Crippen LogP contribution in [0.5, 0.6) is 0 Å². The monoisotopic (exact) mass is 216 g/mol. The predicted octanol–water partition coefficient (Wildman–Crippen LogP) is 1.83. The molecule has 0 saturated carbocycles. The normalized spacial score (nSPS) is 8.50. The maximum Gasteiger partial charge on any atom is -0.00486 e. The summed E-state index contributed by atoms with van der Waals surface area (Å²) in [6, 6.07) is 0. The summed E-state index contributed by atoms with van der Waals surface area (Å²) < 4.78 is 0. The smallest absolute Gasteiger partial charge is 0.00486 e. The summed E-state index contributed by atoms with van der Waals surface area (Å²) in [6.07, 6.45) is 2.58. The Morgan fingerprint density at radius 1 is 0.750 bits per heavy atom. The first kappa shape index (κ1) is 18.3. The third-order valence-corrected chi connectivity index (χ3v) is 1.46. The summed E-state index contributed by atoms with van der Waals surface area (Å²) >= 11 is 0.